The molecule has 21 heavy (non-hydrogen) atoms. The zero-order valence-corrected chi connectivity index (χ0v) is 12.5. The van der Waals surface area contributed by atoms with E-state index in [4.69, 9.17) is 0 Å². The molecule has 0 saturated carbocycles. The normalized spacial score (nSPS) is 17.0. The van der Waals surface area contributed by atoms with Crippen LogP contribution in [0.1, 0.15) is 35.3 Å². The SMILES string of the molecule is CCS(=O)(=O)c1ccc2c(c1)C(O)c1ccccc1C=C2. The monoisotopic (exact) mass is 300 g/mol. The molecule has 0 radical (unpaired) electrons. The van der Waals surface area contributed by atoms with Gasteiger partial charge in [-0.2, -0.15) is 0 Å². The molecule has 0 fully saturated rings. The van der Waals surface area contributed by atoms with Crippen molar-refractivity contribution in [1.82, 2.24) is 0 Å². The quantitative estimate of drug-likeness (QED) is 0.927. The lowest BCUT2D eigenvalue weighted by Gasteiger charge is -2.15. The maximum Gasteiger partial charge on any atom is 0.178 e. The van der Waals surface area contributed by atoms with E-state index in [1.165, 1.54) is 0 Å². The zero-order chi connectivity index (χ0) is 15.0. The third-order valence-corrected chi connectivity index (χ3v) is 5.56. The van der Waals surface area contributed by atoms with E-state index in [1.807, 2.05) is 36.4 Å². The second kappa shape index (κ2) is 5.13. The van der Waals surface area contributed by atoms with Crippen LogP contribution in [0.15, 0.2) is 47.4 Å². The standard InChI is InChI=1S/C17H16O3S/c1-2-21(19,20)14-10-9-13-8-7-12-5-3-4-6-15(12)17(18)16(13)11-14/h3-11,17-18H,2H2,1H3. The van der Waals surface area contributed by atoms with Gasteiger partial charge in [0.1, 0.15) is 6.10 Å². The minimum absolute atomic E-state index is 0.0499. The fourth-order valence-corrected chi connectivity index (χ4v) is 3.48. The molecule has 1 unspecified atom stereocenters. The summed E-state index contributed by atoms with van der Waals surface area (Å²) in [5, 5.41) is 10.6. The van der Waals surface area contributed by atoms with Crippen molar-refractivity contribution >= 4 is 22.0 Å². The topological polar surface area (TPSA) is 54.4 Å². The van der Waals surface area contributed by atoms with Crippen molar-refractivity contribution in [3.8, 4) is 0 Å². The van der Waals surface area contributed by atoms with Crippen LogP contribution in [-0.4, -0.2) is 19.3 Å². The Balaban J connectivity index is 2.20. The first kappa shape index (κ1) is 14.0. The fourth-order valence-electron chi connectivity index (χ4n) is 2.56. The van der Waals surface area contributed by atoms with Crippen LogP contribution in [0.2, 0.25) is 0 Å². The van der Waals surface area contributed by atoms with Gasteiger partial charge in [0, 0.05) is 0 Å². The van der Waals surface area contributed by atoms with Crippen LogP contribution in [-0.2, 0) is 9.84 Å². The van der Waals surface area contributed by atoms with E-state index in [1.54, 1.807) is 25.1 Å². The summed E-state index contributed by atoms with van der Waals surface area (Å²) in [5.41, 5.74) is 3.21. The number of aliphatic hydroxyl groups is 1. The molecule has 1 N–H and O–H groups in total. The summed E-state index contributed by atoms with van der Waals surface area (Å²) in [6, 6.07) is 12.5. The molecule has 2 aromatic rings. The first-order chi connectivity index (χ1) is 10.0. The van der Waals surface area contributed by atoms with Gasteiger partial charge < -0.3 is 5.11 Å². The molecule has 1 aliphatic rings. The van der Waals surface area contributed by atoms with Crippen LogP contribution < -0.4 is 0 Å². The van der Waals surface area contributed by atoms with Crippen LogP contribution in [0.5, 0.6) is 0 Å². The number of sulfone groups is 1. The van der Waals surface area contributed by atoms with Crippen molar-refractivity contribution in [3.63, 3.8) is 0 Å². The van der Waals surface area contributed by atoms with Gasteiger partial charge in [-0.3, -0.25) is 0 Å². The summed E-state index contributed by atoms with van der Waals surface area (Å²) in [6.07, 6.45) is 3.03. The van der Waals surface area contributed by atoms with Crippen molar-refractivity contribution in [2.75, 3.05) is 5.75 Å². The highest BCUT2D eigenvalue weighted by molar-refractivity contribution is 7.91. The molecule has 0 spiro atoms. The molecule has 3 rings (SSSR count). The molecular weight excluding hydrogens is 284 g/mol. The van der Waals surface area contributed by atoms with Crippen LogP contribution in [0.25, 0.3) is 12.2 Å². The minimum atomic E-state index is -3.28. The Labute approximate surface area is 124 Å². The highest BCUT2D eigenvalue weighted by atomic mass is 32.2. The molecule has 1 atom stereocenters. The lowest BCUT2D eigenvalue weighted by molar-refractivity contribution is 0.220. The first-order valence-electron chi connectivity index (χ1n) is 6.84. The summed E-state index contributed by atoms with van der Waals surface area (Å²) >= 11 is 0. The molecule has 4 heteroatoms. The van der Waals surface area contributed by atoms with Crippen molar-refractivity contribution in [3.05, 3.63) is 64.7 Å². The number of fused-ring (bicyclic) bond motifs is 2. The van der Waals surface area contributed by atoms with Gasteiger partial charge in [-0.05, 0) is 34.4 Å². The molecule has 108 valence electrons. The van der Waals surface area contributed by atoms with Gasteiger partial charge in [0.2, 0.25) is 0 Å². The Morgan fingerprint density at radius 1 is 1.00 bits per heavy atom. The minimum Gasteiger partial charge on any atom is -0.384 e. The predicted molar refractivity (Wildman–Crippen MR) is 83.6 cm³/mol. The van der Waals surface area contributed by atoms with E-state index in [-0.39, 0.29) is 10.6 Å². The summed E-state index contributed by atoms with van der Waals surface area (Å²) in [6.45, 7) is 1.62. The third kappa shape index (κ3) is 2.41. The van der Waals surface area contributed by atoms with Crippen LogP contribution in [0.4, 0.5) is 0 Å². The molecular formula is C17H16O3S. The Kier molecular flexibility index (Phi) is 3.43. The number of rotatable bonds is 2. The van der Waals surface area contributed by atoms with Gasteiger partial charge in [-0.25, -0.2) is 8.42 Å². The second-order valence-corrected chi connectivity index (χ2v) is 7.34. The highest BCUT2D eigenvalue weighted by Crippen LogP contribution is 2.34. The number of hydrogen-bond donors (Lipinski definition) is 1. The number of hydrogen-bond acceptors (Lipinski definition) is 3. The maximum absolute atomic E-state index is 12.0. The van der Waals surface area contributed by atoms with Crippen LogP contribution in [0.3, 0.4) is 0 Å². The van der Waals surface area contributed by atoms with Gasteiger partial charge in [-0.1, -0.05) is 49.4 Å². The van der Waals surface area contributed by atoms with E-state index in [0.717, 1.165) is 16.7 Å². The molecule has 3 nitrogen and oxygen atoms in total. The van der Waals surface area contributed by atoms with Gasteiger partial charge in [0.05, 0.1) is 10.6 Å². The first-order valence-corrected chi connectivity index (χ1v) is 8.50. The van der Waals surface area contributed by atoms with Crippen LogP contribution in [0, 0.1) is 0 Å². The average molecular weight is 300 g/mol. The van der Waals surface area contributed by atoms with Crippen LogP contribution >= 0.6 is 0 Å². The highest BCUT2D eigenvalue weighted by Gasteiger charge is 2.21. The molecule has 0 aliphatic heterocycles. The smallest absolute Gasteiger partial charge is 0.178 e. The molecule has 0 aromatic heterocycles. The van der Waals surface area contributed by atoms with E-state index >= 15 is 0 Å². The van der Waals surface area contributed by atoms with E-state index in [0.29, 0.717) is 5.56 Å². The Morgan fingerprint density at radius 3 is 2.38 bits per heavy atom. The molecule has 0 saturated heterocycles. The summed E-state index contributed by atoms with van der Waals surface area (Å²) in [7, 11) is -3.28. The van der Waals surface area contributed by atoms with Gasteiger partial charge in [0.15, 0.2) is 9.84 Å². The van der Waals surface area contributed by atoms with E-state index in [2.05, 4.69) is 0 Å². The van der Waals surface area contributed by atoms with E-state index < -0.39 is 15.9 Å². The van der Waals surface area contributed by atoms with Gasteiger partial charge in [-0.15, -0.1) is 0 Å². The van der Waals surface area contributed by atoms with Gasteiger partial charge >= 0.3 is 0 Å². The maximum atomic E-state index is 12.0. The average Bonchev–Trinajstić information content (AvgIpc) is 2.65. The lowest BCUT2D eigenvalue weighted by Crippen LogP contribution is -2.07. The molecule has 0 heterocycles. The fraction of sp³-hybridized carbons (Fsp3) is 0.176. The third-order valence-electron chi connectivity index (χ3n) is 3.83. The Hall–Kier alpha value is -1.91. The molecule has 2 aromatic carbocycles. The lowest BCUT2D eigenvalue weighted by atomic mass is 9.97. The van der Waals surface area contributed by atoms with Crippen molar-refractivity contribution < 1.29 is 13.5 Å². The summed E-state index contributed by atoms with van der Waals surface area (Å²) in [4.78, 5) is 0.260. The zero-order valence-electron chi connectivity index (χ0n) is 11.7. The van der Waals surface area contributed by atoms with Crippen molar-refractivity contribution in [1.29, 1.82) is 0 Å². The summed E-state index contributed by atoms with van der Waals surface area (Å²) < 4.78 is 24.1. The number of aliphatic hydroxyl groups excluding tert-OH is 1. The molecule has 1 aliphatic carbocycles. The van der Waals surface area contributed by atoms with Crippen molar-refractivity contribution in [2.45, 2.75) is 17.9 Å². The van der Waals surface area contributed by atoms with Gasteiger partial charge in [0.25, 0.3) is 0 Å². The van der Waals surface area contributed by atoms with E-state index in [9.17, 15) is 13.5 Å². The molecule has 0 bridgehead atoms. The molecule has 0 amide bonds. The number of benzene rings is 2. The largest absolute Gasteiger partial charge is 0.384 e. The Morgan fingerprint density at radius 2 is 1.67 bits per heavy atom. The predicted octanol–water partition coefficient (Wildman–Crippen LogP) is 3.05. The van der Waals surface area contributed by atoms with Crippen molar-refractivity contribution in [2.24, 2.45) is 0 Å². The summed E-state index contributed by atoms with van der Waals surface area (Å²) in [5.74, 6) is 0.0499. The second-order valence-electron chi connectivity index (χ2n) is 5.06. The Bertz CT molecular complexity index is 820.